The third kappa shape index (κ3) is 5.79. The van der Waals surface area contributed by atoms with E-state index < -0.39 is 11.8 Å². The van der Waals surface area contributed by atoms with E-state index in [1.165, 1.54) is 5.56 Å². The van der Waals surface area contributed by atoms with Gasteiger partial charge in [-0.2, -0.15) is 0 Å². The molecule has 154 valence electrons. The largest absolute Gasteiger partial charge is 0.346 e. The zero-order chi connectivity index (χ0) is 20.8. The molecule has 1 heterocycles. The fourth-order valence-corrected chi connectivity index (χ4v) is 3.57. The maximum Gasteiger partial charge on any atom is 0.313 e. The van der Waals surface area contributed by atoms with E-state index in [9.17, 15) is 9.59 Å². The minimum absolute atomic E-state index is 0.0152. The number of nitrogens with one attached hydrogen (secondary N) is 2. The molecule has 0 spiro atoms. The first-order valence-corrected chi connectivity index (χ1v) is 10.1. The maximum absolute atomic E-state index is 12.4. The van der Waals surface area contributed by atoms with Crippen LogP contribution in [0.25, 0.3) is 0 Å². The summed E-state index contributed by atoms with van der Waals surface area (Å²) in [6.45, 7) is 6.19. The van der Waals surface area contributed by atoms with Crippen molar-refractivity contribution in [3.63, 3.8) is 0 Å². The van der Waals surface area contributed by atoms with E-state index in [-0.39, 0.29) is 6.04 Å². The van der Waals surface area contributed by atoms with E-state index in [4.69, 9.17) is 11.6 Å². The number of carbonyl (C=O) groups excluding carboxylic acids is 2. The third-order valence-electron chi connectivity index (χ3n) is 5.23. The van der Waals surface area contributed by atoms with E-state index in [0.717, 1.165) is 31.7 Å². The highest BCUT2D eigenvalue weighted by Gasteiger charge is 2.25. The number of likely N-dealkylation sites (N-methyl/N-ethyl adjacent to an activating group) is 1. The number of para-hydroxylation sites is 1. The monoisotopic (exact) mass is 414 g/mol. The van der Waals surface area contributed by atoms with Gasteiger partial charge >= 0.3 is 11.8 Å². The number of amides is 2. The Morgan fingerprint density at radius 3 is 2.31 bits per heavy atom. The molecule has 0 aromatic heterocycles. The van der Waals surface area contributed by atoms with Gasteiger partial charge in [0, 0.05) is 32.7 Å². The lowest BCUT2D eigenvalue weighted by Gasteiger charge is -2.38. The molecule has 1 fully saturated rings. The lowest BCUT2D eigenvalue weighted by Crippen LogP contribution is -2.49. The van der Waals surface area contributed by atoms with Crippen molar-refractivity contribution in [3.8, 4) is 0 Å². The Bertz CT molecular complexity index is 848. The molecule has 2 aromatic rings. The quantitative estimate of drug-likeness (QED) is 0.738. The van der Waals surface area contributed by atoms with Crippen LogP contribution in [0.1, 0.15) is 17.2 Å². The van der Waals surface area contributed by atoms with Crippen molar-refractivity contribution >= 4 is 29.1 Å². The summed E-state index contributed by atoms with van der Waals surface area (Å²) in [7, 11) is 2.11. The van der Waals surface area contributed by atoms with Gasteiger partial charge in [-0.1, -0.05) is 53.6 Å². The van der Waals surface area contributed by atoms with Crippen molar-refractivity contribution in [3.05, 3.63) is 64.7 Å². The molecule has 2 amide bonds. The number of aryl methyl sites for hydroxylation is 1. The highest BCUT2D eigenvalue weighted by molar-refractivity contribution is 6.41. The van der Waals surface area contributed by atoms with Gasteiger partial charge in [0.2, 0.25) is 0 Å². The molecule has 1 saturated heterocycles. The molecule has 0 bridgehead atoms. The van der Waals surface area contributed by atoms with Crippen LogP contribution in [0.3, 0.4) is 0 Å². The van der Waals surface area contributed by atoms with Crippen molar-refractivity contribution in [2.45, 2.75) is 13.0 Å². The number of anilines is 1. The number of benzene rings is 2. The van der Waals surface area contributed by atoms with Gasteiger partial charge in [0.15, 0.2) is 0 Å². The molecule has 0 aliphatic carbocycles. The van der Waals surface area contributed by atoms with Crippen molar-refractivity contribution in [2.75, 3.05) is 45.1 Å². The van der Waals surface area contributed by atoms with E-state index in [0.29, 0.717) is 17.3 Å². The van der Waals surface area contributed by atoms with Crippen LogP contribution >= 0.6 is 11.6 Å². The Labute approximate surface area is 176 Å². The van der Waals surface area contributed by atoms with Crippen LogP contribution in [0.5, 0.6) is 0 Å². The van der Waals surface area contributed by atoms with Gasteiger partial charge in [-0.25, -0.2) is 0 Å². The van der Waals surface area contributed by atoms with Crippen LogP contribution in [0, 0.1) is 6.92 Å². The minimum Gasteiger partial charge on any atom is -0.346 e. The average molecular weight is 415 g/mol. The molecule has 2 aromatic carbocycles. The van der Waals surface area contributed by atoms with Crippen LogP contribution in [0.2, 0.25) is 5.02 Å². The summed E-state index contributed by atoms with van der Waals surface area (Å²) in [6.07, 6.45) is 0. The Morgan fingerprint density at radius 1 is 1.00 bits per heavy atom. The molecule has 29 heavy (non-hydrogen) atoms. The predicted molar refractivity (Wildman–Crippen MR) is 116 cm³/mol. The highest BCUT2D eigenvalue weighted by atomic mass is 35.5. The first-order chi connectivity index (χ1) is 13.9. The molecule has 1 atom stereocenters. The number of halogens is 1. The summed E-state index contributed by atoms with van der Waals surface area (Å²) in [6, 6.07) is 15.2. The molecule has 0 radical (unpaired) electrons. The van der Waals surface area contributed by atoms with Crippen LogP contribution in [-0.2, 0) is 9.59 Å². The van der Waals surface area contributed by atoms with Crippen molar-refractivity contribution in [1.29, 1.82) is 0 Å². The van der Waals surface area contributed by atoms with E-state index in [1.807, 2.05) is 0 Å². The first kappa shape index (κ1) is 21.3. The van der Waals surface area contributed by atoms with E-state index in [1.54, 1.807) is 24.3 Å². The number of hydrogen-bond donors (Lipinski definition) is 2. The van der Waals surface area contributed by atoms with Gasteiger partial charge in [0.1, 0.15) is 0 Å². The van der Waals surface area contributed by atoms with E-state index >= 15 is 0 Å². The minimum atomic E-state index is -0.723. The number of rotatable bonds is 5. The maximum atomic E-state index is 12.4. The molecular weight excluding hydrogens is 388 g/mol. The van der Waals surface area contributed by atoms with Gasteiger partial charge in [-0.3, -0.25) is 14.5 Å². The van der Waals surface area contributed by atoms with Gasteiger partial charge in [-0.05, 0) is 31.7 Å². The molecule has 6 nitrogen and oxygen atoms in total. The van der Waals surface area contributed by atoms with Gasteiger partial charge in [-0.15, -0.1) is 0 Å². The molecule has 3 rings (SSSR count). The topological polar surface area (TPSA) is 64.7 Å². The lowest BCUT2D eigenvalue weighted by molar-refractivity contribution is -0.136. The summed E-state index contributed by atoms with van der Waals surface area (Å²) in [5, 5.41) is 5.75. The number of hydrogen-bond acceptors (Lipinski definition) is 4. The Balaban J connectivity index is 1.65. The average Bonchev–Trinajstić information content (AvgIpc) is 2.72. The second-order valence-electron chi connectivity index (χ2n) is 7.41. The third-order valence-corrected chi connectivity index (χ3v) is 5.55. The normalized spacial score (nSPS) is 16.2. The van der Waals surface area contributed by atoms with Crippen molar-refractivity contribution < 1.29 is 9.59 Å². The summed E-state index contributed by atoms with van der Waals surface area (Å²) >= 11 is 6.05. The zero-order valence-corrected chi connectivity index (χ0v) is 17.6. The summed E-state index contributed by atoms with van der Waals surface area (Å²) < 4.78 is 0. The number of piperazine rings is 1. The Morgan fingerprint density at radius 2 is 1.66 bits per heavy atom. The van der Waals surface area contributed by atoms with Gasteiger partial charge in [0.25, 0.3) is 0 Å². The van der Waals surface area contributed by atoms with E-state index in [2.05, 4.69) is 58.7 Å². The summed E-state index contributed by atoms with van der Waals surface area (Å²) in [5.74, 6) is -1.39. The molecule has 0 unspecified atom stereocenters. The van der Waals surface area contributed by atoms with Gasteiger partial charge in [0.05, 0.1) is 16.8 Å². The standard InChI is InChI=1S/C22H27ClN4O2/c1-16-7-9-17(10-8-16)20(27-13-11-26(2)12-14-27)15-24-21(28)22(29)25-19-6-4-3-5-18(19)23/h3-10,20H,11-15H2,1-2H3,(H,24,28)(H,25,29)/t20-/m0/s1. The van der Waals surface area contributed by atoms with Crippen LogP contribution in [0.15, 0.2) is 48.5 Å². The second-order valence-corrected chi connectivity index (χ2v) is 7.82. The molecule has 2 N–H and O–H groups in total. The lowest BCUT2D eigenvalue weighted by atomic mass is 10.0. The second kappa shape index (κ2) is 9.87. The Hall–Kier alpha value is -2.41. The number of nitrogens with zero attached hydrogens (tertiary/aromatic N) is 2. The van der Waals surface area contributed by atoms with Crippen LogP contribution < -0.4 is 10.6 Å². The fraction of sp³-hybridized carbons (Fsp3) is 0.364. The van der Waals surface area contributed by atoms with Crippen LogP contribution in [0.4, 0.5) is 5.69 Å². The summed E-state index contributed by atoms with van der Waals surface area (Å²) in [4.78, 5) is 29.3. The smallest absolute Gasteiger partial charge is 0.313 e. The highest BCUT2D eigenvalue weighted by Crippen LogP contribution is 2.23. The SMILES string of the molecule is Cc1ccc([C@H](CNC(=O)C(=O)Nc2ccccc2Cl)N2CCN(C)CC2)cc1. The predicted octanol–water partition coefficient (Wildman–Crippen LogP) is 2.69. The first-order valence-electron chi connectivity index (χ1n) is 9.77. The van der Waals surface area contributed by atoms with Gasteiger partial charge < -0.3 is 15.5 Å². The zero-order valence-electron chi connectivity index (χ0n) is 16.8. The summed E-state index contributed by atoms with van der Waals surface area (Å²) in [5.41, 5.74) is 2.74. The molecule has 1 aliphatic rings. The van der Waals surface area contributed by atoms with Crippen LogP contribution in [-0.4, -0.2) is 61.4 Å². The molecular formula is C22H27ClN4O2. The molecule has 1 aliphatic heterocycles. The molecule has 0 saturated carbocycles. The Kier molecular flexibility index (Phi) is 7.25. The number of carbonyl (C=O) groups is 2. The van der Waals surface area contributed by atoms with Crippen molar-refractivity contribution in [1.82, 2.24) is 15.1 Å². The van der Waals surface area contributed by atoms with Crippen molar-refractivity contribution in [2.24, 2.45) is 0 Å². The fourth-order valence-electron chi connectivity index (χ4n) is 3.39. The molecule has 7 heteroatoms.